The molecule has 0 aromatic heterocycles. The monoisotopic (exact) mass is 286 g/mol. The predicted molar refractivity (Wildman–Crippen MR) is 67.3 cm³/mol. The predicted octanol–water partition coefficient (Wildman–Crippen LogP) is 2.51. The molecule has 1 aromatic rings. The molecule has 0 N–H and O–H groups in total. The van der Waals surface area contributed by atoms with Crippen LogP contribution < -0.4 is 4.90 Å². The number of nitriles is 1. The summed E-state index contributed by atoms with van der Waals surface area (Å²) in [6.45, 7) is 0.382. The molecular formula is C12H9Cl2FN2O. The summed E-state index contributed by atoms with van der Waals surface area (Å²) in [5.41, 5.74) is 0.372. The normalized spacial score (nSPS) is 23.2. The van der Waals surface area contributed by atoms with Gasteiger partial charge in [-0.25, -0.2) is 4.39 Å². The van der Waals surface area contributed by atoms with Crippen molar-refractivity contribution in [3.63, 3.8) is 0 Å². The fourth-order valence-electron chi connectivity index (χ4n) is 1.89. The number of hydrogen-bond donors (Lipinski definition) is 0. The Morgan fingerprint density at radius 3 is 2.83 bits per heavy atom. The third-order valence-corrected chi connectivity index (χ3v) is 3.85. The van der Waals surface area contributed by atoms with E-state index in [4.69, 9.17) is 28.5 Å². The lowest BCUT2D eigenvalue weighted by Gasteiger charge is -2.16. The molecule has 94 valence electrons. The van der Waals surface area contributed by atoms with Gasteiger partial charge in [-0.1, -0.05) is 0 Å². The highest BCUT2D eigenvalue weighted by atomic mass is 35.5. The van der Waals surface area contributed by atoms with Crippen molar-refractivity contribution in [2.45, 2.75) is 5.38 Å². The summed E-state index contributed by atoms with van der Waals surface area (Å²) in [7, 11) is 0. The Labute approximate surface area is 114 Å². The van der Waals surface area contributed by atoms with E-state index < -0.39 is 11.2 Å². The van der Waals surface area contributed by atoms with E-state index in [0.29, 0.717) is 12.2 Å². The molecule has 2 atom stereocenters. The number of carbonyl (C=O) groups excluding carboxylic acids is 1. The van der Waals surface area contributed by atoms with Gasteiger partial charge < -0.3 is 4.90 Å². The summed E-state index contributed by atoms with van der Waals surface area (Å²) in [6, 6.07) is 5.70. The van der Waals surface area contributed by atoms with Gasteiger partial charge in [-0.3, -0.25) is 4.79 Å². The van der Waals surface area contributed by atoms with Crippen LogP contribution in [0.2, 0.25) is 0 Å². The van der Waals surface area contributed by atoms with E-state index in [0.717, 1.165) is 0 Å². The standard InChI is InChI=1S/C12H9Cl2FN2O/c13-4-8-6-17(12(18)11(8)14)9-1-2-10(15)7(3-9)5-16/h1-3,8,11H,4,6H2. The van der Waals surface area contributed by atoms with E-state index in [1.54, 1.807) is 6.07 Å². The fourth-order valence-corrected chi connectivity index (χ4v) is 2.55. The SMILES string of the molecule is N#Cc1cc(N2CC(CCl)C(Cl)C2=O)ccc1F. The maximum absolute atomic E-state index is 13.2. The van der Waals surface area contributed by atoms with Gasteiger partial charge in [-0.15, -0.1) is 23.2 Å². The van der Waals surface area contributed by atoms with Crippen molar-refractivity contribution in [3.05, 3.63) is 29.6 Å². The average molecular weight is 287 g/mol. The number of anilines is 1. The Hall–Kier alpha value is -1.31. The Kier molecular flexibility index (Phi) is 3.74. The molecule has 0 radical (unpaired) electrons. The van der Waals surface area contributed by atoms with Crippen LogP contribution in [0, 0.1) is 23.1 Å². The number of nitrogens with zero attached hydrogens (tertiary/aromatic N) is 2. The minimum atomic E-state index is -0.668. The second kappa shape index (κ2) is 5.13. The van der Waals surface area contributed by atoms with E-state index in [1.165, 1.54) is 23.1 Å². The van der Waals surface area contributed by atoms with E-state index in [2.05, 4.69) is 0 Å². The maximum Gasteiger partial charge on any atom is 0.245 e. The minimum absolute atomic E-state index is 0.0965. The highest BCUT2D eigenvalue weighted by Gasteiger charge is 2.39. The third kappa shape index (κ3) is 2.16. The molecule has 6 heteroatoms. The minimum Gasteiger partial charge on any atom is -0.311 e. The molecule has 1 aliphatic rings. The Balaban J connectivity index is 2.33. The largest absolute Gasteiger partial charge is 0.311 e. The van der Waals surface area contributed by atoms with Gasteiger partial charge in [0.15, 0.2) is 0 Å². The van der Waals surface area contributed by atoms with E-state index >= 15 is 0 Å². The van der Waals surface area contributed by atoms with Crippen molar-refractivity contribution in [1.29, 1.82) is 5.26 Å². The Morgan fingerprint density at radius 2 is 2.28 bits per heavy atom. The molecule has 1 heterocycles. The molecule has 0 bridgehead atoms. The van der Waals surface area contributed by atoms with E-state index in [-0.39, 0.29) is 23.3 Å². The quantitative estimate of drug-likeness (QED) is 0.784. The summed E-state index contributed by atoms with van der Waals surface area (Å²) < 4.78 is 13.2. The van der Waals surface area contributed by atoms with Crippen LogP contribution >= 0.6 is 23.2 Å². The van der Waals surface area contributed by atoms with Crippen LogP contribution in [0.3, 0.4) is 0 Å². The first kappa shape index (κ1) is 13.1. The molecule has 3 nitrogen and oxygen atoms in total. The van der Waals surface area contributed by atoms with Crippen molar-refractivity contribution in [1.82, 2.24) is 0 Å². The topological polar surface area (TPSA) is 44.1 Å². The fraction of sp³-hybridized carbons (Fsp3) is 0.333. The summed E-state index contributed by atoms with van der Waals surface area (Å²) in [4.78, 5) is 13.4. The first-order chi connectivity index (χ1) is 8.58. The summed E-state index contributed by atoms with van der Waals surface area (Å²) >= 11 is 11.7. The van der Waals surface area contributed by atoms with Crippen LogP contribution in [0.5, 0.6) is 0 Å². The number of halogens is 3. The van der Waals surface area contributed by atoms with Crippen molar-refractivity contribution in [2.24, 2.45) is 5.92 Å². The van der Waals surface area contributed by atoms with Crippen molar-refractivity contribution in [3.8, 4) is 6.07 Å². The molecule has 2 rings (SSSR count). The zero-order valence-electron chi connectivity index (χ0n) is 9.24. The highest BCUT2D eigenvalue weighted by Crippen LogP contribution is 2.30. The van der Waals surface area contributed by atoms with Gasteiger partial charge in [0.1, 0.15) is 17.3 Å². The molecule has 2 unspecified atom stereocenters. The Morgan fingerprint density at radius 1 is 1.56 bits per heavy atom. The van der Waals surface area contributed by atoms with Crippen LogP contribution in [-0.4, -0.2) is 23.7 Å². The first-order valence-electron chi connectivity index (χ1n) is 5.29. The van der Waals surface area contributed by atoms with Crippen molar-refractivity contribution >= 4 is 34.8 Å². The van der Waals surface area contributed by atoms with Gasteiger partial charge in [0.2, 0.25) is 5.91 Å². The zero-order chi connectivity index (χ0) is 13.3. The third-order valence-electron chi connectivity index (χ3n) is 2.91. The lowest BCUT2D eigenvalue weighted by Crippen LogP contribution is -2.27. The summed E-state index contributed by atoms with van der Waals surface area (Å²) in [6.07, 6.45) is 0. The molecule has 1 fully saturated rings. The van der Waals surface area contributed by atoms with Gasteiger partial charge in [0.05, 0.1) is 5.56 Å². The molecule has 1 aliphatic heterocycles. The number of carbonyl (C=O) groups is 1. The number of amides is 1. The summed E-state index contributed by atoms with van der Waals surface area (Å²) in [5, 5.41) is 8.09. The number of alkyl halides is 2. The smallest absolute Gasteiger partial charge is 0.245 e. The molecule has 0 aliphatic carbocycles. The second-order valence-corrected chi connectivity index (χ2v) is 4.82. The van der Waals surface area contributed by atoms with Crippen LogP contribution in [-0.2, 0) is 4.79 Å². The number of hydrogen-bond acceptors (Lipinski definition) is 2. The molecule has 18 heavy (non-hydrogen) atoms. The molecule has 0 saturated carbocycles. The molecule has 1 aromatic carbocycles. The lowest BCUT2D eigenvalue weighted by molar-refractivity contribution is -0.117. The van der Waals surface area contributed by atoms with Crippen LogP contribution in [0.15, 0.2) is 18.2 Å². The van der Waals surface area contributed by atoms with Crippen molar-refractivity contribution in [2.75, 3.05) is 17.3 Å². The average Bonchev–Trinajstić information content (AvgIpc) is 2.67. The highest BCUT2D eigenvalue weighted by molar-refractivity contribution is 6.34. The molecule has 0 spiro atoms. The summed E-state index contributed by atoms with van der Waals surface area (Å²) in [5.74, 6) is -0.735. The van der Waals surface area contributed by atoms with E-state index in [1.807, 2.05) is 0 Å². The van der Waals surface area contributed by atoms with Crippen LogP contribution in [0.25, 0.3) is 0 Å². The number of rotatable bonds is 2. The van der Waals surface area contributed by atoms with Crippen LogP contribution in [0.1, 0.15) is 5.56 Å². The van der Waals surface area contributed by atoms with E-state index in [9.17, 15) is 9.18 Å². The second-order valence-electron chi connectivity index (χ2n) is 4.04. The molecule has 1 amide bonds. The Bertz CT molecular complexity index is 529. The molecule has 1 saturated heterocycles. The molecular weight excluding hydrogens is 278 g/mol. The van der Waals surface area contributed by atoms with Gasteiger partial charge in [-0.05, 0) is 18.2 Å². The maximum atomic E-state index is 13.2. The van der Waals surface area contributed by atoms with Crippen LogP contribution in [0.4, 0.5) is 10.1 Å². The van der Waals surface area contributed by atoms with Gasteiger partial charge in [0.25, 0.3) is 0 Å². The first-order valence-corrected chi connectivity index (χ1v) is 6.26. The van der Waals surface area contributed by atoms with Gasteiger partial charge >= 0.3 is 0 Å². The lowest BCUT2D eigenvalue weighted by atomic mass is 10.1. The zero-order valence-corrected chi connectivity index (χ0v) is 10.7. The van der Waals surface area contributed by atoms with Crippen molar-refractivity contribution < 1.29 is 9.18 Å². The van der Waals surface area contributed by atoms with Gasteiger partial charge in [-0.2, -0.15) is 5.26 Å². The van der Waals surface area contributed by atoms with Gasteiger partial charge in [0, 0.05) is 24.0 Å². The number of benzene rings is 1.